The first-order chi connectivity index (χ1) is 5.81. The molecule has 5 nitrogen and oxygen atoms in total. The molecule has 0 bridgehead atoms. The van der Waals surface area contributed by atoms with Gasteiger partial charge >= 0.3 is 0 Å². The molecule has 0 amide bonds. The molecule has 0 unspecified atom stereocenters. The van der Waals surface area contributed by atoms with Crippen LogP contribution in [0.3, 0.4) is 0 Å². The maximum Gasteiger partial charge on any atom is 0.222 e. The average Bonchev–Trinajstić information content (AvgIpc) is 2.46. The van der Waals surface area contributed by atoms with Gasteiger partial charge in [0.2, 0.25) is 5.95 Å². The molecule has 0 atom stereocenters. The zero-order valence-electron chi connectivity index (χ0n) is 6.73. The number of aryl methyl sites for hydroxylation is 1. The maximum atomic E-state index is 5.40. The monoisotopic (exact) mass is 163 g/mol. The number of nitrogens with two attached hydrogens (primary N) is 1. The molecule has 0 saturated heterocycles. The minimum Gasteiger partial charge on any atom is -0.368 e. The lowest BCUT2D eigenvalue weighted by molar-refractivity contribution is 0.785. The van der Waals surface area contributed by atoms with Crippen molar-refractivity contribution in [3.63, 3.8) is 0 Å². The molecule has 5 heteroatoms. The Labute approximate surface area is 69.3 Å². The van der Waals surface area contributed by atoms with Gasteiger partial charge in [0.15, 0.2) is 5.65 Å². The number of nitrogen functional groups attached to an aromatic ring is 1. The van der Waals surface area contributed by atoms with Crippen LogP contribution in [0.15, 0.2) is 12.5 Å². The Morgan fingerprint density at radius 3 is 3.08 bits per heavy atom. The summed E-state index contributed by atoms with van der Waals surface area (Å²) in [6.07, 6.45) is 3.42. The molecule has 2 aromatic heterocycles. The standard InChI is InChI=1S/C7H9N5/c1-2-12-4-10-6-5(12)3-9-7(8)11-6/h3-4H,2H2,1H3,(H2,8,9,11). The van der Waals surface area contributed by atoms with E-state index in [2.05, 4.69) is 15.0 Å². The van der Waals surface area contributed by atoms with Crippen LogP contribution in [0.4, 0.5) is 5.95 Å². The van der Waals surface area contributed by atoms with Crippen LogP contribution in [0.25, 0.3) is 11.2 Å². The largest absolute Gasteiger partial charge is 0.368 e. The van der Waals surface area contributed by atoms with Gasteiger partial charge < -0.3 is 10.3 Å². The van der Waals surface area contributed by atoms with Crippen LogP contribution in [0, 0.1) is 0 Å². The Balaban J connectivity index is 2.73. The van der Waals surface area contributed by atoms with Crippen molar-refractivity contribution in [3.8, 4) is 0 Å². The molecule has 2 aromatic rings. The molecule has 0 saturated carbocycles. The summed E-state index contributed by atoms with van der Waals surface area (Å²) in [7, 11) is 0. The number of fused-ring (bicyclic) bond motifs is 1. The lowest BCUT2D eigenvalue weighted by Gasteiger charge is -1.96. The van der Waals surface area contributed by atoms with E-state index in [0.29, 0.717) is 5.65 Å². The van der Waals surface area contributed by atoms with Gasteiger partial charge in [0.1, 0.15) is 5.52 Å². The van der Waals surface area contributed by atoms with Crippen molar-refractivity contribution < 1.29 is 0 Å². The minimum absolute atomic E-state index is 0.267. The van der Waals surface area contributed by atoms with Gasteiger partial charge in [-0.15, -0.1) is 0 Å². The Bertz CT molecular complexity index is 405. The first-order valence-electron chi connectivity index (χ1n) is 3.74. The molecule has 0 fully saturated rings. The highest BCUT2D eigenvalue weighted by atomic mass is 15.1. The first kappa shape index (κ1) is 7.02. The second kappa shape index (κ2) is 2.44. The second-order valence-electron chi connectivity index (χ2n) is 2.47. The van der Waals surface area contributed by atoms with Gasteiger partial charge in [-0.1, -0.05) is 0 Å². The summed E-state index contributed by atoms with van der Waals surface area (Å²) in [6, 6.07) is 0. The summed E-state index contributed by atoms with van der Waals surface area (Å²) in [6.45, 7) is 2.90. The summed E-state index contributed by atoms with van der Waals surface area (Å²) in [5.41, 5.74) is 6.98. The molecule has 2 rings (SSSR count). The van der Waals surface area contributed by atoms with Gasteiger partial charge in [0.05, 0.1) is 12.5 Å². The van der Waals surface area contributed by atoms with Gasteiger partial charge in [0.25, 0.3) is 0 Å². The summed E-state index contributed by atoms with van der Waals surface area (Å²) in [5.74, 6) is 0.267. The summed E-state index contributed by atoms with van der Waals surface area (Å²) >= 11 is 0. The van der Waals surface area contributed by atoms with E-state index in [1.165, 1.54) is 0 Å². The molecular formula is C7H9N5. The molecule has 0 aromatic carbocycles. The molecule has 0 radical (unpaired) electrons. The fraction of sp³-hybridized carbons (Fsp3) is 0.286. The molecule has 0 spiro atoms. The highest BCUT2D eigenvalue weighted by Gasteiger charge is 2.02. The molecule has 0 aliphatic carbocycles. The van der Waals surface area contributed by atoms with E-state index < -0.39 is 0 Å². The lowest BCUT2D eigenvalue weighted by atomic mass is 10.5. The van der Waals surface area contributed by atoms with Gasteiger partial charge in [-0.25, -0.2) is 9.97 Å². The lowest BCUT2D eigenvalue weighted by Crippen LogP contribution is -1.96. The SMILES string of the molecule is CCn1cnc2nc(N)ncc21. The van der Waals surface area contributed by atoms with Gasteiger partial charge in [0, 0.05) is 6.54 Å². The molecule has 62 valence electrons. The van der Waals surface area contributed by atoms with Crippen molar-refractivity contribution in [1.82, 2.24) is 19.5 Å². The fourth-order valence-electron chi connectivity index (χ4n) is 1.12. The number of imidazole rings is 1. The van der Waals surface area contributed by atoms with E-state index in [-0.39, 0.29) is 5.95 Å². The normalized spacial score (nSPS) is 10.8. The molecule has 0 aliphatic rings. The average molecular weight is 163 g/mol. The van der Waals surface area contributed by atoms with E-state index in [0.717, 1.165) is 12.1 Å². The third kappa shape index (κ3) is 0.903. The molecular weight excluding hydrogens is 154 g/mol. The van der Waals surface area contributed by atoms with E-state index in [9.17, 15) is 0 Å². The zero-order chi connectivity index (χ0) is 8.55. The van der Waals surface area contributed by atoms with Crippen molar-refractivity contribution in [2.45, 2.75) is 13.5 Å². The number of hydrogen-bond acceptors (Lipinski definition) is 4. The molecule has 12 heavy (non-hydrogen) atoms. The van der Waals surface area contributed by atoms with Crippen molar-refractivity contribution in [1.29, 1.82) is 0 Å². The smallest absolute Gasteiger partial charge is 0.222 e. The van der Waals surface area contributed by atoms with E-state index in [4.69, 9.17) is 5.73 Å². The molecule has 2 N–H and O–H groups in total. The Morgan fingerprint density at radius 1 is 1.50 bits per heavy atom. The number of nitrogens with zero attached hydrogens (tertiary/aromatic N) is 4. The number of hydrogen-bond donors (Lipinski definition) is 1. The highest BCUT2D eigenvalue weighted by molar-refractivity contribution is 5.70. The first-order valence-corrected chi connectivity index (χ1v) is 3.74. The highest BCUT2D eigenvalue weighted by Crippen LogP contribution is 2.08. The minimum atomic E-state index is 0.267. The van der Waals surface area contributed by atoms with Crippen molar-refractivity contribution >= 4 is 17.1 Å². The Hall–Kier alpha value is -1.65. The zero-order valence-corrected chi connectivity index (χ0v) is 6.73. The van der Waals surface area contributed by atoms with Crippen LogP contribution in [0.5, 0.6) is 0 Å². The van der Waals surface area contributed by atoms with Crippen LogP contribution in [0.1, 0.15) is 6.92 Å². The van der Waals surface area contributed by atoms with Crippen LogP contribution >= 0.6 is 0 Å². The molecule has 2 heterocycles. The Morgan fingerprint density at radius 2 is 2.33 bits per heavy atom. The summed E-state index contributed by atoms with van der Waals surface area (Å²) in [4.78, 5) is 12.0. The number of rotatable bonds is 1. The predicted molar refractivity (Wildman–Crippen MR) is 45.4 cm³/mol. The number of aromatic nitrogens is 4. The van der Waals surface area contributed by atoms with Gasteiger partial charge in [-0.2, -0.15) is 4.98 Å². The van der Waals surface area contributed by atoms with Gasteiger partial charge in [-0.3, -0.25) is 0 Å². The third-order valence-corrected chi connectivity index (χ3v) is 1.74. The fourth-order valence-corrected chi connectivity index (χ4v) is 1.12. The van der Waals surface area contributed by atoms with Crippen molar-refractivity contribution in [3.05, 3.63) is 12.5 Å². The van der Waals surface area contributed by atoms with Crippen LogP contribution in [0.2, 0.25) is 0 Å². The summed E-state index contributed by atoms with van der Waals surface area (Å²) in [5, 5.41) is 0. The number of anilines is 1. The van der Waals surface area contributed by atoms with E-state index in [1.54, 1.807) is 12.5 Å². The van der Waals surface area contributed by atoms with Crippen molar-refractivity contribution in [2.75, 3.05) is 5.73 Å². The van der Waals surface area contributed by atoms with Crippen molar-refractivity contribution in [2.24, 2.45) is 0 Å². The quantitative estimate of drug-likeness (QED) is 0.661. The predicted octanol–water partition coefficient (Wildman–Crippen LogP) is 0.428. The maximum absolute atomic E-state index is 5.40. The van der Waals surface area contributed by atoms with E-state index in [1.807, 2.05) is 11.5 Å². The van der Waals surface area contributed by atoms with Crippen LogP contribution < -0.4 is 5.73 Å². The molecule has 0 aliphatic heterocycles. The topological polar surface area (TPSA) is 69.6 Å². The Kier molecular flexibility index (Phi) is 1.43. The van der Waals surface area contributed by atoms with Crippen LogP contribution in [-0.4, -0.2) is 19.5 Å². The van der Waals surface area contributed by atoms with E-state index >= 15 is 0 Å². The van der Waals surface area contributed by atoms with Crippen LogP contribution in [-0.2, 0) is 6.54 Å². The van der Waals surface area contributed by atoms with Gasteiger partial charge in [-0.05, 0) is 6.92 Å². The second-order valence-corrected chi connectivity index (χ2v) is 2.47. The summed E-state index contributed by atoms with van der Waals surface area (Å²) < 4.78 is 1.97. The third-order valence-electron chi connectivity index (χ3n) is 1.74.